The smallest absolute Gasteiger partial charge is 0.240 e. The van der Waals surface area contributed by atoms with Crippen molar-refractivity contribution in [2.75, 3.05) is 25.2 Å². The van der Waals surface area contributed by atoms with Gasteiger partial charge in [0.25, 0.3) is 0 Å². The molecule has 0 saturated heterocycles. The minimum Gasteiger partial charge on any atom is -0.493 e. The van der Waals surface area contributed by atoms with E-state index in [2.05, 4.69) is 10.0 Å². The van der Waals surface area contributed by atoms with E-state index in [-0.39, 0.29) is 18.5 Å². The number of carbonyl (C=O) groups is 1. The number of aryl methyl sites for hydroxylation is 1. The largest absolute Gasteiger partial charge is 0.493 e. The molecule has 8 nitrogen and oxygen atoms in total. The van der Waals surface area contributed by atoms with E-state index in [9.17, 15) is 13.2 Å². The van der Waals surface area contributed by atoms with Crippen LogP contribution < -0.4 is 19.5 Å². The van der Waals surface area contributed by atoms with E-state index in [0.717, 1.165) is 41.1 Å². The summed E-state index contributed by atoms with van der Waals surface area (Å²) in [7, 11) is -0.193. The van der Waals surface area contributed by atoms with Crippen molar-refractivity contribution in [1.29, 1.82) is 0 Å². The monoisotopic (exact) mass is 443 g/mol. The molecule has 1 amide bonds. The van der Waals surface area contributed by atoms with Crippen LogP contribution in [-0.4, -0.2) is 39.4 Å². The third-order valence-corrected chi connectivity index (χ3v) is 6.07. The Morgan fingerprint density at radius 3 is 2.61 bits per heavy atom. The van der Waals surface area contributed by atoms with Crippen LogP contribution in [0.5, 0.6) is 11.5 Å². The Morgan fingerprint density at radius 2 is 1.90 bits per heavy atom. The first-order chi connectivity index (χ1) is 14.8. The zero-order chi connectivity index (χ0) is 22.2. The Balaban J connectivity index is 1.52. The summed E-state index contributed by atoms with van der Waals surface area (Å²) in [5.74, 6) is 1.21. The lowest BCUT2D eigenvalue weighted by atomic mass is 10.1. The second-order valence-electron chi connectivity index (χ2n) is 7.62. The van der Waals surface area contributed by atoms with Gasteiger partial charge in [-0.05, 0) is 54.3 Å². The van der Waals surface area contributed by atoms with Crippen molar-refractivity contribution in [2.45, 2.75) is 25.4 Å². The number of anilines is 1. The van der Waals surface area contributed by atoms with Crippen molar-refractivity contribution in [3.05, 3.63) is 53.7 Å². The van der Waals surface area contributed by atoms with Gasteiger partial charge >= 0.3 is 0 Å². The van der Waals surface area contributed by atoms with Gasteiger partial charge in [0.1, 0.15) is 6.54 Å². The summed E-state index contributed by atoms with van der Waals surface area (Å²) in [4.78, 5) is 12.8. The standard InChI is InChI=1S/C22H25N3O5S/c1-29-20-11-14-7-8-17(16(14)12-21(20)30-2)23-22(26)13-25-10-9-15-18(24-31(3,27)28)5-4-6-19(15)25/h4-6,9-12,17,24H,7-8,13H2,1-3H3,(H,23,26)/t17-/m0/s1. The van der Waals surface area contributed by atoms with Crippen LogP contribution in [0.1, 0.15) is 23.6 Å². The van der Waals surface area contributed by atoms with Crippen molar-refractivity contribution in [2.24, 2.45) is 0 Å². The molecule has 2 aromatic carbocycles. The third-order valence-electron chi connectivity index (χ3n) is 5.48. The van der Waals surface area contributed by atoms with Gasteiger partial charge in [0, 0.05) is 11.6 Å². The number of nitrogens with one attached hydrogen (secondary N) is 2. The molecule has 0 unspecified atom stereocenters. The van der Waals surface area contributed by atoms with E-state index in [1.807, 2.05) is 22.8 Å². The fourth-order valence-electron chi connectivity index (χ4n) is 4.13. The molecule has 0 saturated carbocycles. The minimum atomic E-state index is -3.40. The fourth-order valence-corrected chi connectivity index (χ4v) is 4.71. The molecule has 0 bridgehead atoms. The molecule has 1 atom stereocenters. The highest BCUT2D eigenvalue weighted by Gasteiger charge is 2.26. The zero-order valence-electron chi connectivity index (χ0n) is 17.6. The topological polar surface area (TPSA) is 98.7 Å². The van der Waals surface area contributed by atoms with Crippen molar-refractivity contribution in [3.8, 4) is 11.5 Å². The molecule has 1 aliphatic carbocycles. The van der Waals surface area contributed by atoms with Gasteiger partial charge in [-0.2, -0.15) is 0 Å². The number of amides is 1. The SMILES string of the molecule is COc1cc2c(cc1OC)[C@@H](NC(=O)Cn1ccc3c(NS(C)(=O)=O)cccc31)CC2. The Morgan fingerprint density at radius 1 is 1.16 bits per heavy atom. The number of benzene rings is 2. The van der Waals surface area contributed by atoms with Crippen LogP contribution in [0.3, 0.4) is 0 Å². The molecule has 164 valence electrons. The molecule has 0 fully saturated rings. The lowest BCUT2D eigenvalue weighted by Gasteiger charge is -2.17. The van der Waals surface area contributed by atoms with E-state index in [0.29, 0.717) is 17.2 Å². The fraction of sp³-hybridized carbons (Fsp3) is 0.318. The second-order valence-corrected chi connectivity index (χ2v) is 9.37. The van der Waals surface area contributed by atoms with E-state index in [1.165, 1.54) is 0 Å². The summed E-state index contributed by atoms with van der Waals surface area (Å²) in [5, 5.41) is 3.85. The van der Waals surface area contributed by atoms with Gasteiger partial charge in [0.15, 0.2) is 11.5 Å². The number of fused-ring (bicyclic) bond motifs is 2. The van der Waals surface area contributed by atoms with Crippen LogP contribution in [-0.2, 0) is 27.8 Å². The summed E-state index contributed by atoms with van der Waals surface area (Å²) in [5.41, 5.74) is 3.46. The van der Waals surface area contributed by atoms with Crippen molar-refractivity contribution >= 4 is 32.5 Å². The molecule has 1 aromatic heterocycles. The van der Waals surface area contributed by atoms with Crippen LogP contribution in [0.15, 0.2) is 42.6 Å². The van der Waals surface area contributed by atoms with Crippen LogP contribution in [0, 0.1) is 0 Å². The average Bonchev–Trinajstić information content (AvgIpc) is 3.30. The zero-order valence-corrected chi connectivity index (χ0v) is 18.5. The summed E-state index contributed by atoms with van der Waals surface area (Å²) in [6.07, 6.45) is 4.56. The van der Waals surface area contributed by atoms with Crippen molar-refractivity contribution in [3.63, 3.8) is 0 Å². The van der Waals surface area contributed by atoms with Gasteiger partial charge in [-0.15, -0.1) is 0 Å². The molecule has 0 spiro atoms. The summed E-state index contributed by atoms with van der Waals surface area (Å²) >= 11 is 0. The summed E-state index contributed by atoms with van der Waals surface area (Å²) in [6.45, 7) is 0.130. The van der Waals surface area contributed by atoms with Gasteiger partial charge in [0.2, 0.25) is 15.9 Å². The van der Waals surface area contributed by atoms with Gasteiger partial charge in [-0.25, -0.2) is 8.42 Å². The quantitative estimate of drug-likeness (QED) is 0.585. The molecule has 4 rings (SSSR count). The number of carbonyl (C=O) groups excluding carboxylic acids is 1. The van der Waals surface area contributed by atoms with Crippen LogP contribution in [0.4, 0.5) is 5.69 Å². The first kappa shape index (κ1) is 21.0. The maximum absolute atomic E-state index is 12.8. The summed E-state index contributed by atoms with van der Waals surface area (Å²) in [6, 6.07) is 10.9. The van der Waals surface area contributed by atoms with E-state index < -0.39 is 10.0 Å². The Bertz CT molecular complexity index is 1250. The van der Waals surface area contributed by atoms with Crippen molar-refractivity contribution in [1.82, 2.24) is 9.88 Å². The van der Waals surface area contributed by atoms with Gasteiger partial charge in [-0.1, -0.05) is 6.07 Å². The first-order valence-electron chi connectivity index (χ1n) is 9.89. The Hall–Kier alpha value is -3.20. The van der Waals surface area contributed by atoms with Gasteiger partial charge in [0.05, 0.1) is 37.7 Å². The number of aromatic nitrogens is 1. The molecular formula is C22H25N3O5S. The van der Waals surface area contributed by atoms with Crippen LogP contribution >= 0.6 is 0 Å². The highest BCUT2D eigenvalue weighted by molar-refractivity contribution is 7.92. The predicted molar refractivity (Wildman–Crippen MR) is 119 cm³/mol. The lowest BCUT2D eigenvalue weighted by molar-refractivity contribution is -0.122. The first-order valence-corrected chi connectivity index (χ1v) is 11.8. The highest BCUT2D eigenvalue weighted by atomic mass is 32.2. The summed E-state index contributed by atoms with van der Waals surface area (Å²) < 4.78 is 38.3. The maximum Gasteiger partial charge on any atom is 0.240 e. The number of rotatable bonds is 7. The number of ether oxygens (including phenoxy) is 2. The number of methoxy groups -OCH3 is 2. The normalized spacial score (nSPS) is 15.5. The van der Waals surface area contributed by atoms with E-state index in [1.54, 1.807) is 38.6 Å². The third kappa shape index (κ3) is 4.32. The number of hydrogen-bond acceptors (Lipinski definition) is 5. The Labute approximate surface area is 181 Å². The minimum absolute atomic E-state index is 0.0911. The predicted octanol–water partition coefficient (Wildman–Crippen LogP) is 2.83. The average molecular weight is 444 g/mol. The Kier molecular flexibility index (Phi) is 5.53. The van der Waals surface area contributed by atoms with Crippen molar-refractivity contribution < 1.29 is 22.7 Å². The van der Waals surface area contributed by atoms with Gasteiger partial charge in [-0.3, -0.25) is 9.52 Å². The second kappa shape index (κ2) is 8.14. The van der Waals surface area contributed by atoms with Gasteiger partial charge < -0.3 is 19.4 Å². The molecule has 1 aliphatic rings. The molecule has 1 heterocycles. The molecule has 0 radical (unpaired) electrons. The van der Waals surface area contributed by atoms with Crippen LogP contribution in [0.25, 0.3) is 10.9 Å². The van der Waals surface area contributed by atoms with E-state index in [4.69, 9.17) is 9.47 Å². The molecule has 3 aromatic rings. The highest BCUT2D eigenvalue weighted by Crippen LogP contribution is 2.39. The number of sulfonamides is 1. The molecule has 0 aliphatic heterocycles. The number of nitrogens with zero attached hydrogens (tertiary/aromatic N) is 1. The molecule has 2 N–H and O–H groups in total. The maximum atomic E-state index is 12.8. The number of hydrogen-bond donors (Lipinski definition) is 2. The van der Waals surface area contributed by atoms with Crippen LogP contribution in [0.2, 0.25) is 0 Å². The lowest BCUT2D eigenvalue weighted by Crippen LogP contribution is -2.30. The molecular weight excluding hydrogens is 418 g/mol. The molecule has 9 heteroatoms. The molecule has 31 heavy (non-hydrogen) atoms. The van der Waals surface area contributed by atoms with E-state index >= 15 is 0 Å².